The largest absolute Gasteiger partial charge is 0.468 e. The number of alkyl halides is 3. The Morgan fingerprint density at radius 3 is 2.76 bits per heavy atom. The lowest BCUT2D eigenvalue weighted by molar-refractivity contribution is -0.154. The van der Waals surface area contributed by atoms with Gasteiger partial charge >= 0.3 is 6.18 Å². The molecule has 1 aliphatic heterocycles. The lowest BCUT2D eigenvalue weighted by Gasteiger charge is -2.08. The van der Waals surface area contributed by atoms with Gasteiger partial charge in [0, 0.05) is 47.2 Å². The normalized spacial score (nSPS) is 15.9. The number of fused-ring (bicyclic) bond motifs is 1. The summed E-state index contributed by atoms with van der Waals surface area (Å²) in [7, 11) is 0. The van der Waals surface area contributed by atoms with E-state index in [1.54, 1.807) is 30.6 Å². The third-order valence-corrected chi connectivity index (χ3v) is 4.95. The maximum atomic E-state index is 12.2. The summed E-state index contributed by atoms with van der Waals surface area (Å²) in [4.78, 5) is 20.3. The summed E-state index contributed by atoms with van der Waals surface area (Å²) in [5.74, 6) is 0.00320. The van der Waals surface area contributed by atoms with Crippen molar-refractivity contribution in [1.29, 1.82) is 0 Å². The van der Waals surface area contributed by atoms with Crippen LogP contribution in [0.25, 0.3) is 28.2 Å². The van der Waals surface area contributed by atoms with Gasteiger partial charge in [-0.15, -0.1) is 0 Å². The second-order valence-electron chi connectivity index (χ2n) is 5.90. The van der Waals surface area contributed by atoms with Gasteiger partial charge in [-0.1, -0.05) is 24.0 Å². The molecule has 29 heavy (non-hydrogen) atoms. The summed E-state index contributed by atoms with van der Waals surface area (Å²) < 4.78 is 47.6. The van der Waals surface area contributed by atoms with Gasteiger partial charge in [-0.3, -0.25) is 9.78 Å². The fourth-order valence-corrected chi connectivity index (χ4v) is 3.61. The van der Waals surface area contributed by atoms with E-state index in [-0.39, 0.29) is 11.8 Å². The maximum absolute atomic E-state index is 12.2. The average Bonchev–Trinajstić information content (AvgIpc) is 3.21. The molecule has 4 heterocycles. The van der Waals surface area contributed by atoms with Gasteiger partial charge in [0.1, 0.15) is 15.7 Å². The molecule has 0 aliphatic carbocycles. The summed E-state index contributed by atoms with van der Waals surface area (Å²) in [6.07, 6.45) is 1.68. The fraction of sp³-hybridized carbons (Fsp3) is 0.111. The number of hydrogen-bond donors (Lipinski definition) is 1. The summed E-state index contributed by atoms with van der Waals surface area (Å²) in [6.45, 7) is -1.41. The van der Waals surface area contributed by atoms with Crippen molar-refractivity contribution in [2.45, 2.75) is 6.18 Å². The first-order chi connectivity index (χ1) is 13.8. The molecule has 1 aliphatic rings. The van der Waals surface area contributed by atoms with Crippen LogP contribution in [0.15, 0.2) is 46.1 Å². The number of nitrogens with one attached hydrogen (secondary N) is 1. The Morgan fingerprint density at radius 2 is 2.10 bits per heavy atom. The zero-order valence-electron chi connectivity index (χ0n) is 14.3. The minimum Gasteiger partial charge on any atom is -0.468 e. The van der Waals surface area contributed by atoms with Crippen LogP contribution in [-0.2, 0) is 4.79 Å². The molecule has 6 nitrogen and oxygen atoms in total. The molecule has 1 N–H and O–H groups in total. The van der Waals surface area contributed by atoms with E-state index >= 15 is 0 Å². The highest BCUT2D eigenvalue weighted by atomic mass is 32.2. The minimum absolute atomic E-state index is 0.142. The van der Waals surface area contributed by atoms with E-state index in [4.69, 9.17) is 16.6 Å². The number of furan rings is 1. The lowest BCUT2D eigenvalue weighted by atomic mass is 10.1. The summed E-state index contributed by atoms with van der Waals surface area (Å²) in [5.41, 5.74) is 1.69. The third kappa shape index (κ3) is 4.40. The zero-order chi connectivity index (χ0) is 20.6. The molecular weight excluding hydrogens is 427 g/mol. The SMILES string of the molecule is O=C1NC(=S)S/C1=C/c1cc2cncc(-c3ccc(OCC(F)(F)F)nc3)c2o1. The quantitative estimate of drug-likeness (QED) is 0.481. The van der Waals surface area contributed by atoms with Gasteiger partial charge in [0.05, 0.1) is 4.91 Å². The van der Waals surface area contributed by atoms with E-state index in [0.29, 0.717) is 37.1 Å². The number of pyridine rings is 2. The van der Waals surface area contributed by atoms with Crippen LogP contribution in [0.3, 0.4) is 0 Å². The highest BCUT2D eigenvalue weighted by Crippen LogP contribution is 2.33. The van der Waals surface area contributed by atoms with Crippen LogP contribution in [0, 0.1) is 0 Å². The minimum atomic E-state index is -4.44. The third-order valence-electron chi connectivity index (χ3n) is 3.79. The number of carbonyl (C=O) groups excluding carboxylic acids is 1. The standard InChI is InChI=1S/C18H10F3N3O3S2/c19-18(20,21)8-26-14-2-1-9(6-23-14)12-7-22-5-10-3-11(27-15(10)12)4-13-16(25)24-17(28)29-13/h1-7H,8H2,(H,24,25,28)/b13-4+. The smallest absolute Gasteiger partial charge is 0.422 e. The van der Waals surface area contributed by atoms with Gasteiger partial charge in [-0.2, -0.15) is 13.2 Å². The van der Waals surface area contributed by atoms with E-state index in [9.17, 15) is 18.0 Å². The molecule has 0 aromatic carbocycles. The van der Waals surface area contributed by atoms with Crippen LogP contribution < -0.4 is 10.1 Å². The van der Waals surface area contributed by atoms with E-state index in [2.05, 4.69) is 20.0 Å². The van der Waals surface area contributed by atoms with Gasteiger partial charge in [0.2, 0.25) is 5.88 Å². The first-order valence-corrected chi connectivity index (χ1v) is 9.29. The van der Waals surface area contributed by atoms with Crippen molar-refractivity contribution < 1.29 is 27.1 Å². The summed E-state index contributed by atoms with van der Waals surface area (Å²) in [6, 6.07) is 4.63. The Kier molecular flexibility index (Phi) is 5.01. The molecule has 1 fully saturated rings. The monoisotopic (exact) mass is 437 g/mol. The van der Waals surface area contributed by atoms with E-state index < -0.39 is 12.8 Å². The predicted octanol–water partition coefficient (Wildman–Crippen LogP) is 4.32. The predicted molar refractivity (Wildman–Crippen MR) is 105 cm³/mol. The number of carbonyl (C=O) groups is 1. The van der Waals surface area contributed by atoms with Crippen molar-refractivity contribution in [1.82, 2.24) is 15.3 Å². The topological polar surface area (TPSA) is 77.2 Å². The molecule has 1 saturated heterocycles. The number of amides is 1. The molecule has 0 saturated carbocycles. The number of thiocarbonyl (C=S) groups is 1. The first kappa shape index (κ1) is 19.4. The van der Waals surface area contributed by atoms with Crippen molar-refractivity contribution in [3.05, 3.63) is 47.5 Å². The molecule has 0 atom stereocenters. The Bertz CT molecular complexity index is 1140. The Morgan fingerprint density at radius 1 is 1.28 bits per heavy atom. The van der Waals surface area contributed by atoms with Crippen LogP contribution in [0.1, 0.15) is 5.76 Å². The number of hydrogen-bond acceptors (Lipinski definition) is 7. The average molecular weight is 437 g/mol. The molecule has 1 amide bonds. The van der Waals surface area contributed by atoms with Gasteiger partial charge < -0.3 is 14.5 Å². The molecule has 0 radical (unpaired) electrons. The van der Waals surface area contributed by atoms with Crippen molar-refractivity contribution in [2.24, 2.45) is 0 Å². The van der Waals surface area contributed by atoms with Gasteiger partial charge in [0.15, 0.2) is 6.61 Å². The molecular formula is C18H10F3N3O3S2. The van der Waals surface area contributed by atoms with E-state index in [1.807, 2.05) is 0 Å². The molecule has 0 spiro atoms. The van der Waals surface area contributed by atoms with E-state index in [1.165, 1.54) is 12.3 Å². The van der Waals surface area contributed by atoms with Crippen molar-refractivity contribution in [3.63, 3.8) is 0 Å². The molecule has 3 aromatic heterocycles. The number of rotatable bonds is 4. The van der Waals surface area contributed by atoms with Crippen molar-refractivity contribution in [2.75, 3.05) is 6.61 Å². The number of thioether (sulfide) groups is 1. The first-order valence-electron chi connectivity index (χ1n) is 8.07. The fourth-order valence-electron chi connectivity index (χ4n) is 2.59. The van der Waals surface area contributed by atoms with E-state index in [0.717, 1.165) is 11.8 Å². The second-order valence-corrected chi connectivity index (χ2v) is 7.61. The van der Waals surface area contributed by atoms with Crippen LogP contribution in [-0.4, -0.2) is 33.0 Å². The number of ether oxygens (including phenoxy) is 1. The lowest BCUT2D eigenvalue weighted by Crippen LogP contribution is -2.19. The van der Waals surface area contributed by atoms with Crippen molar-refractivity contribution >= 4 is 51.3 Å². The highest BCUT2D eigenvalue weighted by molar-refractivity contribution is 8.26. The summed E-state index contributed by atoms with van der Waals surface area (Å²) >= 11 is 6.10. The molecule has 0 bridgehead atoms. The van der Waals surface area contributed by atoms with Gasteiger partial charge in [0.25, 0.3) is 5.91 Å². The number of aromatic nitrogens is 2. The Balaban J connectivity index is 1.63. The van der Waals surface area contributed by atoms with Crippen LogP contribution in [0.5, 0.6) is 5.88 Å². The van der Waals surface area contributed by atoms with Crippen LogP contribution in [0.4, 0.5) is 13.2 Å². The molecule has 0 unspecified atom stereocenters. The molecule has 148 valence electrons. The Hall–Kier alpha value is -2.92. The van der Waals surface area contributed by atoms with Crippen LogP contribution >= 0.6 is 24.0 Å². The zero-order valence-corrected chi connectivity index (χ0v) is 16.0. The summed E-state index contributed by atoms with van der Waals surface area (Å²) in [5, 5.41) is 3.22. The number of nitrogens with zero attached hydrogens (tertiary/aromatic N) is 2. The van der Waals surface area contributed by atoms with Gasteiger partial charge in [-0.05, 0) is 12.1 Å². The molecule has 4 rings (SSSR count). The van der Waals surface area contributed by atoms with Gasteiger partial charge in [-0.25, -0.2) is 4.98 Å². The van der Waals surface area contributed by atoms with Crippen LogP contribution in [0.2, 0.25) is 0 Å². The Labute approximate surface area is 171 Å². The maximum Gasteiger partial charge on any atom is 0.422 e. The highest BCUT2D eigenvalue weighted by Gasteiger charge is 2.28. The second kappa shape index (κ2) is 7.48. The molecule has 3 aromatic rings. The van der Waals surface area contributed by atoms with Crippen molar-refractivity contribution in [3.8, 4) is 17.0 Å². The number of halogens is 3. The molecule has 11 heteroatoms.